The highest BCUT2D eigenvalue weighted by Crippen LogP contribution is 2.38. The van der Waals surface area contributed by atoms with E-state index in [4.69, 9.17) is 5.73 Å². The molecule has 3 amide bonds. The van der Waals surface area contributed by atoms with Gasteiger partial charge in [-0.05, 0) is 11.4 Å². The van der Waals surface area contributed by atoms with Crippen molar-refractivity contribution in [2.45, 2.75) is 5.92 Å². The number of amides is 3. The number of carbonyl (C=O) groups excluding carboxylic acids is 3. The van der Waals surface area contributed by atoms with E-state index in [0.717, 1.165) is 12.3 Å². The number of fused-ring (bicyclic) bond motifs is 1. The molecule has 0 radical (unpaired) electrons. The van der Waals surface area contributed by atoms with Gasteiger partial charge in [-0.1, -0.05) is 6.07 Å². The van der Waals surface area contributed by atoms with Gasteiger partial charge in [0, 0.05) is 6.07 Å². The lowest BCUT2D eigenvalue weighted by atomic mass is 10.00. The smallest absolute Gasteiger partial charge is 0.326 e. The first-order valence-corrected chi connectivity index (χ1v) is 6.75. The summed E-state index contributed by atoms with van der Waals surface area (Å²) in [6.45, 7) is 0. The SMILES string of the molecule is NC(=O)N1C(=O)C(C(=O)c2cccs2)c2ncc(F)cc21. The third kappa shape index (κ3) is 2.00. The third-order valence-electron chi connectivity index (χ3n) is 3.09. The van der Waals surface area contributed by atoms with E-state index in [0.29, 0.717) is 9.78 Å². The number of imide groups is 1. The van der Waals surface area contributed by atoms with Crippen LogP contribution in [-0.4, -0.2) is 22.7 Å². The van der Waals surface area contributed by atoms with E-state index in [9.17, 15) is 18.8 Å². The minimum atomic E-state index is -1.27. The molecule has 1 atom stereocenters. The first-order chi connectivity index (χ1) is 10.0. The molecular formula is C13H8FN3O3S. The molecule has 3 heterocycles. The summed E-state index contributed by atoms with van der Waals surface area (Å²) < 4.78 is 13.3. The van der Waals surface area contributed by atoms with Gasteiger partial charge in [-0.2, -0.15) is 0 Å². The van der Waals surface area contributed by atoms with Gasteiger partial charge in [0.2, 0.25) is 0 Å². The molecule has 6 nitrogen and oxygen atoms in total. The Balaban J connectivity index is 2.13. The van der Waals surface area contributed by atoms with Crippen molar-refractivity contribution in [2.75, 3.05) is 4.90 Å². The fourth-order valence-corrected chi connectivity index (χ4v) is 2.93. The predicted octanol–water partition coefficient (Wildman–Crippen LogP) is 1.67. The highest BCUT2D eigenvalue weighted by atomic mass is 32.1. The molecule has 2 N–H and O–H groups in total. The largest absolute Gasteiger partial charge is 0.351 e. The minimum Gasteiger partial charge on any atom is -0.351 e. The van der Waals surface area contributed by atoms with Crippen LogP contribution in [0.15, 0.2) is 29.8 Å². The number of urea groups is 1. The maximum absolute atomic E-state index is 13.3. The number of anilines is 1. The van der Waals surface area contributed by atoms with E-state index < -0.39 is 29.5 Å². The number of pyridine rings is 1. The summed E-state index contributed by atoms with van der Waals surface area (Å²) in [6.07, 6.45) is 0.894. The van der Waals surface area contributed by atoms with Gasteiger partial charge in [-0.25, -0.2) is 14.1 Å². The van der Waals surface area contributed by atoms with E-state index in [1.165, 1.54) is 11.3 Å². The number of aromatic nitrogens is 1. The van der Waals surface area contributed by atoms with Crippen molar-refractivity contribution in [1.82, 2.24) is 4.98 Å². The second-order valence-electron chi connectivity index (χ2n) is 4.34. The maximum Gasteiger partial charge on any atom is 0.326 e. The number of primary amides is 1. The molecule has 1 aliphatic heterocycles. The fourth-order valence-electron chi connectivity index (χ4n) is 2.23. The van der Waals surface area contributed by atoms with E-state index in [1.54, 1.807) is 17.5 Å². The average Bonchev–Trinajstić information content (AvgIpc) is 3.02. The number of rotatable bonds is 2. The van der Waals surface area contributed by atoms with Crippen molar-refractivity contribution in [3.05, 3.63) is 46.2 Å². The third-order valence-corrected chi connectivity index (χ3v) is 3.98. The quantitative estimate of drug-likeness (QED) is 0.674. The highest BCUT2D eigenvalue weighted by Gasteiger charge is 2.46. The summed E-state index contributed by atoms with van der Waals surface area (Å²) in [5.74, 6) is -3.29. The van der Waals surface area contributed by atoms with Gasteiger partial charge in [-0.15, -0.1) is 11.3 Å². The molecule has 3 rings (SSSR count). The zero-order chi connectivity index (χ0) is 15.1. The molecule has 2 aromatic rings. The summed E-state index contributed by atoms with van der Waals surface area (Å²) in [4.78, 5) is 40.9. The summed E-state index contributed by atoms with van der Waals surface area (Å²) in [5.41, 5.74) is 5.10. The minimum absolute atomic E-state index is 0.0404. The van der Waals surface area contributed by atoms with Crippen LogP contribution in [0.5, 0.6) is 0 Å². The van der Waals surface area contributed by atoms with Crippen LogP contribution >= 0.6 is 11.3 Å². The number of ketones is 1. The number of carbonyl (C=O) groups is 3. The Bertz CT molecular complexity index is 760. The van der Waals surface area contributed by atoms with Gasteiger partial charge in [0.25, 0.3) is 5.91 Å². The lowest BCUT2D eigenvalue weighted by Crippen LogP contribution is -2.40. The van der Waals surface area contributed by atoms with Gasteiger partial charge in [-0.3, -0.25) is 14.6 Å². The van der Waals surface area contributed by atoms with Gasteiger partial charge >= 0.3 is 6.03 Å². The van der Waals surface area contributed by atoms with E-state index in [1.807, 2.05) is 0 Å². The number of nitrogens with zero attached hydrogens (tertiary/aromatic N) is 2. The first kappa shape index (κ1) is 13.4. The van der Waals surface area contributed by atoms with Crippen molar-refractivity contribution >= 4 is 34.7 Å². The molecule has 0 saturated carbocycles. The van der Waals surface area contributed by atoms with Crippen LogP contribution in [0.3, 0.4) is 0 Å². The normalized spacial score (nSPS) is 16.9. The number of Topliss-reactive ketones (excluding diaryl/α,β-unsaturated/α-hetero) is 1. The zero-order valence-corrected chi connectivity index (χ0v) is 11.3. The van der Waals surface area contributed by atoms with Crippen LogP contribution in [0.25, 0.3) is 0 Å². The van der Waals surface area contributed by atoms with E-state index in [-0.39, 0.29) is 11.4 Å². The van der Waals surface area contributed by atoms with Crippen molar-refractivity contribution in [1.29, 1.82) is 0 Å². The summed E-state index contributed by atoms with van der Waals surface area (Å²) in [5, 5.41) is 1.69. The number of hydrogen-bond acceptors (Lipinski definition) is 5. The second-order valence-corrected chi connectivity index (χ2v) is 5.29. The second kappa shape index (κ2) is 4.74. The summed E-state index contributed by atoms with van der Waals surface area (Å²) in [7, 11) is 0. The standard InChI is InChI=1S/C13H8FN3O3S/c14-6-4-7-10(16-5-6)9(12(19)17(7)13(15)20)11(18)8-2-1-3-21-8/h1-5,9H,(H2,15,20). The number of halogens is 1. The van der Waals surface area contributed by atoms with Gasteiger partial charge in [0.15, 0.2) is 5.78 Å². The Morgan fingerprint density at radius 1 is 1.43 bits per heavy atom. The predicted molar refractivity (Wildman–Crippen MR) is 72.7 cm³/mol. The zero-order valence-electron chi connectivity index (χ0n) is 10.4. The molecule has 8 heteroatoms. The van der Waals surface area contributed by atoms with Crippen LogP contribution in [0.1, 0.15) is 21.3 Å². The molecule has 1 unspecified atom stereocenters. The van der Waals surface area contributed by atoms with Crippen LogP contribution in [0.2, 0.25) is 0 Å². The monoisotopic (exact) mass is 305 g/mol. The molecule has 1 aliphatic rings. The maximum atomic E-state index is 13.3. The Labute approximate surface area is 122 Å². The Kier molecular flexibility index (Phi) is 3.02. The molecule has 0 aromatic carbocycles. The average molecular weight is 305 g/mol. The molecule has 0 spiro atoms. The lowest BCUT2D eigenvalue weighted by molar-refractivity contribution is -0.117. The molecular weight excluding hydrogens is 297 g/mol. The number of nitrogens with two attached hydrogens (primary N) is 1. The fraction of sp³-hybridized carbons (Fsp3) is 0.0769. The van der Waals surface area contributed by atoms with Gasteiger partial charge in [0.05, 0.1) is 22.5 Å². The molecule has 21 heavy (non-hydrogen) atoms. The number of thiophene rings is 1. The topological polar surface area (TPSA) is 93.4 Å². The number of hydrogen-bond donors (Lipinski definition) is 1. The lowest BCUT2D eigenvalue weighted by Gasteiger charge is -2.11. The Morgan fingerprint density at radius 2 is 2.19 bits per heavy atom. The molecule has 0 bridgehead atoms. The van der Waals surface area contributed by atoms with Gasteiger partial charge < -0.3 is 5.73 Å². The van der Waals surface area contributed by atoms with Crippen molar-refractivity contribution < 1.29 is 18.8 Å². The van der Waals surface area contributed by atoms with E-state index in [2.05, 4.69) is 4.98 Å². The molecule has 0 saturated heterocycles. The highest BCUT2D eigenvalue weighted by molar-refractivity contribution is 7.12. The van der Waals surface area contributed by atoms with Crippen molar-refractivity contribution in [3.63, 3.8) is 0 Å². The molecule has 2 aromatic heterocycles. The van der Waals surface area contributed by atoms with Crippen LogP contribution < -0.4 is 10.6 Å². The first-order valence-electron chi connectivity index (χ1n) is 5.87. The summed E-state index contributed by atoms with van der Waals surface area (Å²) >= 11 is 1.17. The molecule has 106 valence electrons. The Hall–Kier alpha value is -2.61. The van der Waals surface area contributed by atoms with Crippen LogP contribution in [0.4, 0.5) is 14.9 Å². The van der Waals surface area contributed by atoms with Crippen LogP contribution in [0, 0.1) is 5.82 Å². The summed E-state index contributed by atoms with van der Waals surface area (Å²) in [6, 6.07) is 3.13. The van der Waals surface area contributed by atoms with Gasteiger partial charge in [0.1, 0.15) is 11.7 Å². The van der Waals surface area contributed by atoms with Crippen molar-refractivity contribution in [2.24, 2.45) is 5.73 Å². The van der Waals surface area contributed by atoms with Crippen LogP contribution in [-0.2, 0) is 4.79 Å². The molecule has 0 aliphatic carbocycles. The Morgan fingerprint density at radius 3 is 2.81 bits per heavy atom. The van der Waals surface area contributed by atoms with E-state index >= 15 is 0 Å². The van der Waals surface area contributed by atoms with Crippen molar-refractivity contribution in [3.8, 4) is 0 Å². The molecule has 0 fully saturated rings.